The summed E-state index contributed by atoms with van der Waals surface area (Å²) in [6.45, 7) is 1.65. The molecule has 1 aromatic rings. The van der Waals surface area contributed by atoms with Gasteiger partial charge in [0.2, 0.25) is 0 Å². The molecule has 0 saturated heterocycles. The zero-order chi connectivity index (χ0) is 11.9. The number of sulfone groups is 1. The summed E-state index contributed by atoms with van der Waals surface area (Å²) in [5, 5.41) is 0.181. The molecule has 0 bridgehead atoms. The van der Waals surface area contributed by atoms with Crippen LogP contribution in [-0.4, -0.2) is 25.5 Å². The molecule has 3 atom stereocenters. The van der Waals surface area contributed by atoms with Gasteiger partial charge in [0.25, 0.3) is 0 Å². The van der Waals surface area contributed by atoms with E-state index in [0.29, 0.717) is 5.02 Å². The third-order valence-electron chi connectivity index (χ3n) is 3.06. The van der Waals surface area contributed by atoms with Crippen LogP contribution in [0.15, 0.2) is 24.3 Å². The maximum absolute atomic E-state index is 11.7. The highest BCUT2D eigenvalue weighted by Crippen LogP contribution is 2.45. The van der Waals surface area contributed by atoms with E-state index in [1.807, 2.05) is 12.1 Å². The van der Waals surface area contributed by atoms with Crippen LogP contribution in [0, 0.1) is 0 Å². The Morgan fingerprint density at radius 2 is 2.12 bits per heavy atom. The molecule has 16 heavy (non-hydrogen) atoms. The Balaban J connectivity index is 2.27. The van der Waals surface area contributed by atoms with E-state index in [1.165, 1.54) is 0 Å². The number of halogens is 1. The lowest BCUT2D eigenvalue weighted by molar-refractivity contribution is 0.594. The smallest absolute Gasteiger partial charge is 0.155 e. The molecule has 1 aliphatic rings. The summed E-state index contributed by atoms with van der Waals surface area (Å²) >= 11 is 5.87. The van der Waals surface area contributed by atoms with Crippen molar-refractivity contribution in [2.45, 2.75) is 24.1 Å². The second-order valence-electron chi connectivity index (χ2n) is 4.07. The predicted octanol–water partition coefficient (Wildman–Crippen LogP) is 1.57. The van der Waals surface area contributed by atoms with Gasteiger partial charge in [-0.2, -0.15) is 0 Å². The van der Waals surface area contributed by atoms with Gasteiger partial charge in [-0.15, -0.1) is 0 Å². The van der Waals surface area contributed by atoms with Gasteiger partial charge in [0.05, 0.1) is 5.25 Å². The van der Waals surface area contributed by atoms with Crippen molar-refractivity contribution in [1.82, 2.24) is 0 Å². The van der Waals surface area contributed by atoms with Crippen molar-refractivity contribution < 1.29 is 8.42 Å². The van der Waals surface area contributed by atoms with E-state index < -0.39 is 15.1 Å². The fourth-order valence-corrected chi connectivity index (χ4v) is 4.01. The highest BCUT2D eigenvalue weighted by Gasteiger charge is 2.55. The quantitative estimate of drug-likeness (QED) is 0.896. The monoisotopic (exact) mass is 259 g/mol. The summed E-state index contributed by atoms with van der Waals surface area (Å²) in [5.74, 6) is 0.0475. The largest absolute Gasteiger partial charge is 0.326 e. The second-order valence-corrected chi connectivity index (χ2v) is 6.96. The first kappa shape index (κ1) is 11.9. The highest BCUT2D eigenvalue weighted by molar-refractivity contribution is 7.92. The molecule has 5 heteroatoms. The molecule has 2 rings (SSSR count). The van der Waals surface area contributed by atoms with Crippen LogP contribution in [-0.2, 0) is 9.84 Å². The van der Waals surface area contributed by atoms with Crippen molar-refractivity contribution in [3.63, 3.8) is 0 Å². The van der Waals surface area contributed by atoms with E-state index in [9.17, 15) is 8.42 Å². The minimum atomic E-state index is -3.05. The SMILES string of the molecule is CCS(=O)(=O)[C@@H]1[C@H](N)[C@@H]1c1cccc(Cl)c1. The maximum atomic E-state index is 11.7. The number of hydrogen-bond donors (Lipinski definition) is 1. The van der Waals surface area contributed by atoms with E-state index in [1.54, 1.807) is 19.1 Å². The van der Waals surface area contributed by atoms with Crippen molar-refractivity contribution >= 4 is 21.4 Å². The lowest BCUT2D eigenvalue weighted by Gasteiger charge is -2.00. The first-order chi connectivity index (χ1) is 7.47. The van der Waals surface area contributed by atoms with Gasteiger partial charge in [-0.05, 0) is 17.7 Å². The molecule has 88 valence electrons. The third kappa shape index (κ3) is 1.97. The minimum Gasteiger partial charge on any atom is -0.326 e. The van der Waals surface area contributed by atoms with Crippen LogP contribution in [0.3, 0.4) is 0 Å². The Morgan fingerprint density at radius 3 is 2.69 bits per heavy atom. The van der Waals surface area contributed by atoms with E-state index in [2.05, 4.69) is 0 Å². The third-order valence-corrected chi connectivity index (χ3v) is 5.53. The molecule has 3 nitrogen and oxygen atoms in total. The normalized spacial score (nSPS) is 29.1. The lowest BCUT2D eigenvalue weighted by Crippen LogP contribution is -2.17. The fourth-order valence-electron chi connectivity index (χ4n) is 2.09. The average molecular weight is 260 g/mol. The molecule has 0 radical (unpaired) electrons. The Labute approximate surface area is 101 Å². The fraction of sp³-hybridized carbons (Fsp3) is 0.455. The molecular weight excluding hydrogens is 246 g/mol. The Hall–Kier alpha value is -0.580. The van der Waals surface area contributed by atoms with Gasteiger partial charge in [-0.3, -0.25) is 0 Å². The van der Waals surface area contributed by atoms with Gasteiger partial charge in [0.15, 0.2) is 9.84 Å². The molecule has 1 aromatic carbocycles. The van der Waals surface area contributed by atoms with Gasteiger partial charge >= 0.3 is 0 Å². The van der Waals surface area contributed by atoms with Crippen LogP contribution in [0.4, 0.5) is 0 Å². The molecule has 0 aliphatic heterocycles. The Morgan fingerprint density at radius 1 is 1.44 bits per heavy atom. The summed E-state index contributed by atoms with van der Waals surface area (Å²) in [6.07, 6.45) is 0. The van der Waals surface area contributed by atoms with Gasteiger partial charge in [-0.1, -0.05) is 30.7 Å². The van der Waals surface area contributed by atoms with Crippen LogP contribution in [0.1, 0.15) is 18.4 Å². The zero-order valence-corrected chi connectivity index (χ0v) is 10.5. The summed E-state index contributed by atoms with van der Waals surface area (Å²) in [4.78, 5) is 0. The highest BCUT2D eigenvalue weighted by atomic mass is 35.5. The molecule has 1 aliphatic carbocycles. The standard InChI is InChI=1S/C11H14ClNO2S/c1-2-16(14,15)11-9(10(11)13)7-4-3-5-8(12)6-7/h3-6,9-11H,2,13H2,1H3/t9-,10+,11-/m0/s1. The molecule has 1 saturated carbocycles. The topological polar surface area (TPSA) is 60.2 Å². The molecule has 0 aromatic heterocycles. The van der Waals surface area contributed by atoms with Gasteiger partial charge in [0.1, 0.15) is 0 Å². The van der Waals surface area contributed by atoms with Gasteiger partial charge in [0, 0.05) is 22.7 Å². The molecule has 2 N–H and O–H groups in total. The van der Waals surface area contributed by atoms with Crippen LogP contribution < -0.4 is 5.73 Å². The Kier molecular flexibility index (Phi) is 2.99. The summed E-state index contributed by atoms with van der Waals surface area (Å²) in [6, 6.07) is 6.96. The molecule has 0 heterocycles. The number of benzene rings is 1. The second kappa shape index (κ2) is 4.02. The van der Waals surface area contributed by atoms with Crippen molar-refractivity contribution in [1.29, 1.82) is 0 Å². The zero-order valence-electron chi connectivity index (χ0n) is 8.93. The molecular formula is C11H14ClNO2S. The summed E-state index contributed by atoms with van der Waals surface area (Å²) < 4.78 is 23.5. The first-order valence-electron chi connectivity index (χ1n) is 5.20. The summed E-state index contributed by atoms with van der Waals surface area (Å²) in [5.41, 5.74) is 6.75. The van der Waals surface area contributed by atoms with Crippen molar-refractivity contribution in [3.05, 3.63) is 34.9 Å². The van der Waals surface area contributed by atoms with E-state index in [0.717, 1.165) is 5.56 Å². The molecule has 0 spiro atoms. The van der Waals surface area contributed by atoms with Crippen LogP contribution in [0.2, 0.25) is 5.02 Å². The summed E-state index contributed by atoms with van der Waals surface area (Å²) in [7, 11) is -3.05. The van der Waals surface area contributed by atoms with E-state index in [4.69, 9.17) is 17.3 Å². The minimum absolute atomic E-state index is 0.0938. The lowest BCUT2D eigenvalue weighted by atomic mass is 10.1. The number of nitrogens with two attached hydrogens (primary N) is 1. The van der Waals surface area contributed by atoms with E-state index in [-0.39, 0.29) is 17.7 Å². The maximum Gasteiger partial charge on any atom is 0.155 e. The number of rotatable bonds is 3. The van der Waals surface area contributed by atoms with Crippen LogP contribution in [0.5, 0.6) is 0 Å². The van der Waals surface area contributed by atoms with Gasteiger partial charge < -0.3 is 5.73 Å². The van der Waals surface area contributed by atoms with Crippen molar-refractivity contribution in [3.8, 4) is 0 Å². The predicted molar refractivity (Wildman–Crippen MR) is 65.4 cm³/mol. The molecule has 0 amide bonds. The first-order valence-corrected chi connectivity index (χ1v) is 7.29. The number of hydrogen-bond acceptors (Lipinski definition) is 3. The van der Waals surface area contributed by atoms with Crippen molar-refractivity contribution in [2.24, 2.45) is 5.73 Å². The Bertz CT molecular complexity index is 500. The van der Waals surface area contributed by atoms with Crippen molar-refractivity contribution in [2.75, 3.05) is 5.75 Å². The molecule has 0 unspecified atom stereocenters. The van der Waals surface area contributed by atoms with E-state index >= 15 is 0 Å². The van der Waals surface area contributed by atoms with Gasteiger partial charge in [-0.25, -0.2) is 8.42 Å². The average Bonchev–Trinajstić information content (AvgIpc) is 2.91. The van der Waals surface area contributed by atoms with Crippen LogP contribution >= 0.6 is 11.6 Å². The molecule has 1 fully saturated rings. The van der Waals surface area contributed by atoms with Crippen LogP contribution in [0.25, 0.3) is 0 Å².